The normalized spacial score (nSPS) is 19.4. The van der Waals surface area contributed by atoms with Crippen molar-refractivity contribution in [2.24, 2.45) is 0 Å². The molecule has 1 amide bonds. The van der Waals surface area contributed by atoms with Crippen molar-refractivity contribution >= 4 is 27.1 Å². The fourth-order valence-corrected chi connectivity index (χ4v) is 5.65. The van der Waals surface area contributed by atoms with Crippen LogP contribution in [-0.2, 0) is 21.8 Å². The Kier molecular flexibility index (Phi) is 5.26. The molecule has 0 radical (unpaired) electrons. The summed E-state index contributed by atoms with van der Waals surface area (Å²) in [5, 5.41) is 1.87. The van der Waals surface area contributed by atoms with Crippen LogP contribution in [0.1, 0.15) is 48.0 Å². The first-order valence-electron chi connectivity index (χ1n) is 8.80. The van der Waals surface area contributed by atoms with Gasteiger partial charge in [-0.05, 0) is 34.4 Å². The van der Waals surface area contributed by atoms with E-state index in [4.69, 9.17) is 0 Å². The summed E-state index contributed by atoms with van der Waals surface area (Å²) < 4.78 is 23.9. The number of rotatable bonds is 4. The molecule has 0 N–H and O–H groups in total. The van der Waals surface area contributed by atoms with Gasteiger partial charge in [0.2, 0.25) is 0 Å². The summed E-state index contributed by atoms with van der Waals surface area (Å²) in [5.41, 5.74) is 2.33. The summed E-state index contributed by atoms with van der Waals surface area (Å²) in [5.74, 6) is 0.140. The van der Waals surface area contributed by atoms with E-state index in [1.807, 2.05) is 23.6 Å². The molecule has 1 aliphatic heterocycles. The van der Waals surface area contributed by atoms with Crippen LogP contribution in [-0.4, -0.2) is 36.8 Å². The maximum absolute atomic E-state index is 13.0. The van der Waals surface area contributed by atoms with Gasteiger partial charge in [0.05, 0.1) is 16.4 Å². The first-order chi connectivity index (χ1) is 12.2. The molecule has 1 aliphatic rings. The van der Waals surface area contributed by atoms with Crippen molar-refractivity contribution in [1.29, 1.82) is 0 Å². The zero-order valence-electron chi connectivity index (χ0n) is 15.4. The van der Waals surface area contributed by atoms with Gasteiger partial charge in [0.15, 0.2) is 9.84 Å². The van der Waals surface area contributed by atoms with Crippen LogP contribution in [0.25, 0.3) is 0 Å². The number of hydrogen-bond donors (Lipinski definition) is 0. The summed E-state index contributed by atoms with van der Waals surface area (Å²) in [6.07, 6.45) is 0.513. The van der Waals surface area contributed by atoms with Crippen molar-refractivity contribution in [3.05, 3.63) is 57.8 Å². The van der Waals surface area contributed by atoms with Gasteiger partial charge < -0.3 is 4.90 Å². The highest BCUT2D eigenvalue weighted by molar-refractivity contribution is 7.91. The Hall–Kier alpha value is -1.66. The lowest BCUT2D eigenvalue weighted by atomic mass is 9.86. The van der Waals surface area contributed by atoms with E-state index in [1.165, 1.54) is 16.9 Å². The standard InChI is InChI=1S/C20H25NO3S2/c1-20(2,3)16-8-6-15(7-9-16)13-21(17-10-12-26(23,24)14-17)19(22)18-5-4-11-25-18/h4-9,11,17H,10,12-14H2,1-3H3/t17-/m0/s1. The predicted molar refractivity (Wildman–Crippen MR) is 106 cm³/mol. The van der Waals surface area contributed by atoms with Gasteiger partial charge in [-0.1, -0.05) is 51.1 Å². The highest BCUT2D eigenvalue weighted by atomic mass is 32.2. The van der Waals surface area contributed by atoms with Gasteiger partial charge in [-0.3, -0.25) is 4.79 Å². The molecule has 3 rings (SSSR count). The van der Waals surface area contributed by atoms with Gasteiger partial charge in [0, 0.05) is 12.6 Å². The van der Waals surface area contributed by atoms with Crippen molar-refractivity contribution in [2.75, 3.05) is 11.5 Å². The van der Waals surface area contributed by atoms with E-state index in [2.05, 4.69) is 32.9 Å². The Morgan fingerprint density at radius 3 is 2.38 bits per heavy atom. The minimum atomic E-state index is -3.05. The van der Waals surface area contributed by atoms with Crippen molar-refractivity contribution in [3.8, 4) is 0 Å². The average molecular weight is 392 g/mol. The number of thiophene rings is 1. The molecule has 6 heteroatoms. The third kappa shape index (κ3) is 4.35. The highest BCUT2D eigenvalue weighted by Gasteiger charge is 2.35. The van der Waals surface area contributed by atoms with Gasteiger partial charge in [0.25, 0.3) is 5.91 Å². The molecule has 26 heavy (non-hydrogen) atoms. The smallest absolute Gasteiger partial charge is 0.264 e. The molecule has 1 aromatic carbocycles. The van der Waals surface area contributed by atoms with E-state index in [1.54, 1.807) is 11.0 Å². The van der Waals surface area contributed by atoms with Gasteiger partial charge in [-0.2, -0.15) is 0 Å². The van der Waals surface area contributed by atoms with Gasteiger partial charge >= 0.3 is 0 Å². The van der Waals surface area contributed by atoms with Crippen molar-refractivity contribution in [2.45, 2.75) is 45.2 Å². The number of benzene rings is 1. The Morgan fingerprint density at radius 2 is 1.88 bits per heavy atom. The van der Waals surface area contributed by atoms with Crippen molar-refractivity contribution in [1.82, 2.24) is 4.90 Å². The second kappa shape index (κ2) is 7.16. The number of carbonyl (C=O) groups excluding carboxylic acids is 1. The lowest BCUT2D eigenvalue weighted by molar-refractivity contribution is 0.0686. The molecule has 0 aliphatic carbocycles. The molecule has 1 atom stereocenters. The van der Waals surface area contributed by atoms with E-state index < -0.39 is 9.84 Å². The summed E-state index contributed by atoms with van der Waals surface area (Å²) in [6, 6.07) is 11.7. The highest BCUT2D eigenvalue weighted by Crippen LogP contribution is 2.26. The zero-order chi connectivity index (χ0) is 18.9. The number of amides is 1. The van der Waals surface area contributed by atoms with E-state index in [9.17, 15) is 13.2 Å². The van der Waals surface area contributed by atoms with Crippen molar-refractivity contribution in [3.63, 3.8) is 0 Å². The molecule has 0 bridgehead atoms. The minimum Gasteiger partial charge on any atom is -0.330 e. The number of carbonyl (C=O) groups is 1. The molecule has 1 fully saturated rings. The summed E-state index contributed by atoms with van der Waals surface area (Å²) in [7, 11) is -3.05. The van der Waals surface area contributed by atoms with Crippen LogP contribution in [0.3, 0.4) is 0 Å². The van der Waals surface area contributed by atoms with E-state index in [-0.39, 0.29) is 28.9 Å². The van der Waals surface area contributed by atoms with Crippen LogP contribution in [0.5, 0.6) is 0 Å². The molecule has 0 saturated carbocycles. The quantitative estimate of drug-likeness (QED) is 0.795. The van der Waals surface area contributed by atoms with Crippen LogP contribution in [0.2, 0.25) is 0 Å². The monoisotopic (exact) mass is 391 g/mol. The molecule has 0 unspecified atom stereocenters. The maximum Gasteiger partial charge on any atom is 0.264 e. The van der Waals surface area contributed by atoms with Crippen LogP contribution < -0.4 is 0 Å². The first-order valence-corrected chi connectivity index (χ1v) is 11.5. The van der Waals surface area contributed by atoms with Gasteiger partial charge in [-0.25, -0.2) is 8.42 Å². The predicted octanol–water partition coefficient (Wildman–Crippen LogP) is 3.88. The minimum absolute atomic E-state index is 0.0597. The van der Waals surface area contributed by atoms with Crippen molar-refractivity contribution < 1.29 is 13.2 Å². The Balaban J connectivity index is 1.85. The third-order valence-corrected chi connectivity index (χ3v) is 7.42. The molecule has 2 heterocycles. The van der Waals surface area contributed by atoms with Crippen LogP contribution >= 0.6 is 11.3 Å². The Morgan fingerprint density at radius 1 is 1.19 bits per heavy atom. The number of hydrogen-bond acceptors (Lipinski definition) is 4. The van der Waals surface area contributed by atoms with E-state index >= 15 is 0 Å². The van der Waals surface area contributed by atoms with Gasteiger partial charge in [-0.15, -0.1) is 11.3 Å². The lowest BCUT2D eigenvalue weighted by Gasteiger charge is -2.28. The molecule has 2 aromatic rings. The summed E-state index contributed by atoms with van der Waals surface area (Å²) >= 11 is 1.39. The molecule has 140 valence electrons. The fraction of sp³-hybridized carbons (Fsp3) is 0.450. The molecule has 0 spiro atoms. The largest absolute Gasteiger partial charge is 0.330 e. The number of nitrogens with zero attached hydrogens (tertiary/aromatic N) is 1. The van der Waals surface area contributed by atoms with E-state index in [0.29, 0.717) is 17.8 Å². The molecule has 1 saturated heterocycles. The van der Waals surface area contributed by atoms with Crippen LogP contribution in [0, 0.1) is 0 Å². The topological polar surface area (TPSA) is 54.5 Å². The maximum atomic E-state index is 13.0. The Labute approximate surface area is 159 Å². The molecule has 4 nitrogen and oxygen atoms in total. The molecular weight excluding hydrogens is 366 g/mol. The average Bonchev–Trinajstić information content (AvgIpc) is 3.21. The van der Waals surface area contributed by atoms with E-state index in [0.717, 1.165) is 5.56 Å². The molecule has 1 aromatic heterocycles. The second-order valence-electron chi connectivity index (χ2n) is 7.91. The second-order valence-corrected chi connectivity index (χ2v) is 11.1. The van der Waals surface area contributed by atoms with Crippen LogP contribution in [0.4, 0.5) is 0 Å². The Bertz CT molecular complexity index is 863. The molecular formula is C20H25NO3S2. The zero-order valence-corrected chi connectivity index (χ0v) is 17.1. The number of sulfone groups is 1. The first kappa shape index (κ1) is 19.1. The summed E-state index contributed by atoms with van der Waals surface area (Å²) in [6.45, 7) is 6.93. The SMILES string of the molecule is CC(C)(C)c1ccc(CN(C(=O)c2cccs2)[C@H]2CCS(=O)(=O)C2)cc1. The summed E-state index contributed by atoms with van der Waals surface area (Å²) in [4.78, 5) is 15.4. The fourth-order valence-electron chi connectivity index (χ4n) is 3.24. The third-order valence-electron chi connectivity index (χ3n) is 4.81. The van der Waals surface area contributed by atoms with Gasteiger partial charge in [0.1, 0.15) is 0 Å². The van der Waals surface area contributed by atoms with Crippen LogP contribution in [0.15, 0.2) is 41.8 Å². The lowest BCUT2D eigenvalue weighted by Crippen LogP contribution is -2.40.